The maximum absolute atomic E-state index is 5.75. The first-order valence-corrected chi connectivity index (χ1v) is 5.27. The van der Waals surface area contributed by atoms with Crippen LogP contribution in [0.25, 0.3) is 22.3 Å². The van der Waals surface area contributed by atoms with Crippen molar-refractivity contribution in [2.75, 3.05) is 0 Å². The van der Waals surface area contributed by atoms with E-state index in [9.17, 15) is 0 Å². The molecule has 0 aliphatic heterocycles. The van der Waals surface area contributed by atoms with Crippen LogP contribution in [-0.4, -0.2) is 19.9 Å². The Morgan fingerprint density at radius 3 is 2.88 bits per heavy atom. The van der Waals surface area contributed by atoms with E-state index in [0.717, 1.165) is 28.1 Å². The van der Waals surface area contributed by atoms with Gasteiger partial charge in [-0.2, -0.15) is 0 Å². The molecule has 2 heterocycles. The summed E-state index contributed by atoms with van der Waals surface area (Å²) in [4.78, 5) is 14.5. The zero-order valence-electron chi connectivity index (χ0n) is 8.58. The number of fused-ring (bicyclic) bond motifs is 1. The van der Waals surface area contributed by atoms with Gasteiger partial charge < -0.3 is 9.97 Å². The number of benzene rings is 1. The van der Waals surface area contributed by atoms with Crippen LogP contribution < -0.4 is 0 Å². The molecule has 1 aromatic carbocycles. The van der Waals surface area contributed by atoms with Gasteiger partial charge in [-0.05, 0) is 30.7 Å². The smallest absolute Gasteiger partial charge is 0.200 e. The van der Waals surface area contributed by atoms with Crippen LogP contribution in [0.2, 0.25) is 5.28 Å². The van der Waals surface area contributed by atoms with E-state index in [1.54, 1.807) is 6.20 Å². The van der Waals surface area contributed by atoms with Gasteiger partial charge in [0.1, 0.15) is 5.82 Å². The fourth-order valence-corrected chi connectivity index (χ4v) is 1.90. The van der Waals surface area contributed by atoms with E-state index >= 15 is 0 Å². The Balaban J connectivity index is 2.17. The maximum atomic E-state index is 5.75. The topological polar surface area (TPSA) is 57.4 Å². The molecule has 16 heavy (non-hydrogen) atoms. The van der Waals surface area contributed by atoms with E-state index in [1.165, 1.54) is 0 Å². The van der Waals surface area contributed by atoms with E-state index in [0.29, 0.717) is 5.28 Å². The van der Waals surface area contributed by atoms with Gasteiger partial charge in [-0.25, -0.2) is 9.97 Å². The van der Waals surface area contributed by atoms with Crippen molar-refractivity contribution in [3.63, 3.8) is 0 Å². The van der Waals surface area contributed by atoms with Crippen molar-refractivity contribution >= 4 is 22.6 Å². The predicted octanol–water partition coefficient (Wildman–Crippen LogP) is 2.91. The Labute approximate surface area is 96.7 Å². The molecule has 4 nitrogen and oxygen atoms in total. The molecule has 80 valence electrons. The molecule has 3 rings (SSSR count). The number of halogens is 1. The summed E-state index contributed by atoms with van der Waals surface area (Å²) in [5.74, 6) is 0.912. The third-order valence-electron chi connectivity index (χ3n) is 2.46. The molecule has 0 aliphatic rings. The lowest BCUT2D eigenvalue weighted by Gasteiger charge is -1.96. The van der Waals surface area contributed by atoms with E-state index in [4.69, 9.17) is 11.6 Å². The number of rotatable bonds is 1. The second-order valence-corrected chi connectivity index (χ2v) is 4.00. The van der Waals surface area contributed by atoms with Crippen molar-refractivity contribution in [1.82, 2.24) is 19.9 Å². The second kappa shape index (κ2) is 3.35. The molecule has 5 heteroatoms. The quantitative estimate of drug-likeness (QED) is 0.678. The number of hydrogen-bond acceptors (Lipinski definition) is 2. The first-order valence-electron chi connectivity index (χ1n) is 4.89. The molecule has 0 radical (unpaired) electrons. The SMILES string of the molecule is Cc1nc2ccc(-c3cnc(Cl)[nH]3)cc2[nH]1. The van der Waals surface area contributed by atoms with Crippen molar-refractivity contribution in [2.45, 2.75) is 6.92 Å². The lowest BCUT2D eigenvalue weighted by atomic mass is 10.1. The molecule has 0 spiro atoms. The Kier molecular flexibility index (Phi) is 1.97. The van der Waals surface area contributed by atoms with Crippen LogP contribution in [0.3, 0.4) is 0 Å². The summed E-state index contributed by atoms with van der Waals surface area (Å²) < 4.78 is 0. The normalized spacial score (nSPS) is 11.1. The summed E-state index contributed by atoms with van der Waals surface area (Å²) in [6, 6.07) is 5.99. The van der Waals surface area contributed by atoms with Crippen LogP contribution >= 0.6 is 11.6 Å². The third kappa shape index (κ3) is 1.47. The van der Waals surface area contributed by atoms with Gasteiger partial charge in [0.05, 0.1) is 22.9 Å². The fraction of sp³-hybridized carbons (Fsp3) is 0.0909. The van der Waals surface area contributed by atoms with E-state index in [1.807, 2.05) is 25.1 Å². The molecule has 2 aromatic heterocycles. The Hall–Kier alpha value is -1.81. The van der Waals surface area contributed by atoms with Crippen molar-refractivity contribution < 1.29 is 0 Å². The molecular weight excluding hydrogens is 224 g/mol. The molecule has 0 fully saturated rings. The molecule has 2 N–H and O–H groups in total. The van der Waals surface area contributed by atoms with Crippen molar-refractivity contribution in [3.05, 3.63) is 35.5 Å². The van der Waals surface area contributed by atoms with Gasteiger partial charge in [-0.1, -0.05) is 6.07 Å². The van der Waals surface area contributed by atoms with Gasteiger partial charge in [-0.15, -0.1) is 0 Å². The molecule has 0 saturated heterocycles. The number of imidazole rings is 2. The lowest BCUT2D eigenvalue weighted by Crippen LogP contribution is -1.77. The Morgan fingerprint density at radius 1 is 1.25 bits per heavy atom. The zero-order chi connectivity index (χ0) is 11.1. The summed E-state index contributed by atoms with van der Waals surface area (Å²) in [7, 11) is 0. The standard InChI is InChI=1S/C11H9ClN4/c1-6-14-8-3-2-7(4-9(8)15-6)10-5-13-11(12)16-10/h2-5H,1H3,(H,13,16)(H,14,15). The summed E-state index contributed by atoms with van der Waals surface area (Å²) in [5.41, 5.74) is 3.92. The number of nitrogens with zero attached hydrogens (tertiary/aromatic N) is 2. The van der Waals surface area contributed by atoms with E-state index in [2.05, 4.69) is 19.9 Å². The van der Waals surface area contributed by atoms with Gasteiger partial charge in [0.25, 0.3) is 0 Å². The van der Waals surface area contributed by atoms with Crippen molar-refractivity contribution in [2.24, 2.45) is 0 Å². The summed E-state index contributed by atoms with van der Waals surface area (Å²) in [6.45, 7) is 1.94. The minimum atomic E-state index is 0.399. The molecule has 3 aromatic rings. The lowest BCUT2D eigenvalue weighted by molar-refractivity contribution is 1.17. The highest BCUT2D eigenvalue weighted by molar-refractivity contribution is 6.28. The van der Waals surface area contributed by atoms with Crippen LogP contribution in [0.1, 0.15) is 5.82 Å². The van der Waals surface area contributed by atoms with Gasteiger partial charge in [0.15, 0.2) is 5.28 Å². The highest BCUT2D eigenvalue weighted by Gasteiger charge is 2.04. The van der Waals surface area contributed by atoms with E-state index < -0.39 is 0 Å². The summed E-state index contributed by atoms with van der Waals surface area (Å²) >= 11 is 5.75. The molecule has 0 unspecified atom stereocenters. The first-order chi connectivity index (χ1) is 7.72. The molecule has 0 saturated carbocycles. The Morgan fingerprint density at radius 2 is 2.12 bits per heavy atom. The van der Waals surface area contributed by atoms with Gasteiger partial charge in [0, 0.05) is 5.56 Å². The molecule has 0 aliphatic carbocycles. The van der Waals surface area contributed by atoms with Crippen LogP contribution in [0.4, 0.5) is 0 Å². The van der Waals surface area contributed by atoms with Crippen LogP contribution in [0.15, 0.2) is 24.4 Å². The number of nitrogens with one attached hydrogen (secondary N) is 2. The third-order valence-corrected chi connectivity index (χ3v) is 2.65. The summed E-state index contributed by atoms with van der Waals surface area (Å²) in [5, 5.41) is 0.399. The fourth-order valence-electron chi connectivity index (χ4n) is 1.75. The second-order valence-electron chi connectivity index (χ2n) is 3.64. The molecule has 0 bridgehead atoms. The molecule has 0 atom stereocenters. The first kappa shape index (κ1) is 9.42. The monoisotopic (exact) mass is 232 g/mol. The largest absolute Gasteiger partial charge is 0.342 e. The average molecular weight is 233 g/mol. The van der Waals surface area contributed by atoms with E-state index in [-0.39, 0.29) is 0 Å². The highest BCUT2D eigenvalue weighted by Crippen LogP contribution is 2.22. The molecular formula is C11H9ClN4. The zero-order valence-corrected chi connectivity index (χ0v) is 9.34. The Bertz CT molecular complexity index is 653. The average Bonchev–Trinajstić information content (AvgIpc) is 2.81. The van der Waals surface area contributed by atoms with Crippen LogP contribution in [0, 0.1) is 6.92 Å². The molecule has 0 amide bonds. The number of aromatic amines is 2. The number of hydrogen-bond donors (Lipinski definition) is 2. The van der Waals surface area contributed by atoms with Gasteiger partial charge in [0.2, 0.25) is 0 Å². The predicted molar refractivity (Wildman–Crippen MR) is 63.4 cm³/mol. The van der Waals surface area contributed by atoms with Crippen LogP contribution in [0.5, 0.6) is 0 Å². The highest BCUT2D eigenvalue weighted by atomic mass is 35.5. The van der Waals surface area contributed by atoms with Gasteiger partial charge in [-0.3, -0.25) is 0 Å². The van der Waals surface area contributed by atoms with Gasteiger partial charge >= 0.3 is 0 Å². The number of H-pyrrole nitrogens is 2. The maximum Gasteiger partial charge on any atom is 0.200 e. The summed E-state index contributed by atoms with van der Waals surface area (Å²) in [6.07, 6.45) is 1.72. The minimum Gasteiger partial charge on any atom is -0.342 e. The van der Waals surface area contributed by atoms with Crippen LogP contribution in [-0.2, 0) is 0 Å². The number of aromatic nitrogens is 4. The van der Waals surface area contributed by atoms with Crippen molar-refractivity contribution in [3.8, 4) is 11.3 Å². The van der Waals surface area contributed by atoms with Crippen molar-refractivity contribution in [1.29, 1.82) is 0 Å². The number of aryl methyl sites for hydroxylation is 1. The minimum absolute atomic E-state index is 0.399.